The van der Waals surface area contributed by atoms with Gasteiger partial charge in [0.05, 0.1) is 0 Å². The van der Waals surface area contributed by atoms with Crippen molar-refractivity contribution in [3.8, 4) is 0 Å². The number of carbonyl (C=O) groups is 1. The first-order chi connectivity index (χ1) is 5.04. The lowest BCUT2D eigenvalue weighted by Crippen LogP contribution is -2.03. The van der Waals surface area contributed by atoms with Crippen molar-refractivity contribution in [1.29, 1.82) is 0 Å². The van der Waals surface area contributed by atoms with Gasteiger partial charge in [-0.2, -0.15) is 5.10 Å². The van der Waals surface area contributed by atoms with E-state index in [1.54, 1.807) is 7.05 Å². The molecule has 0 saturated carbocycles. The van der Waals surface area contributed by atoms with Crippen LogP contribution >= 0.6 is 22.6 Å². The van der Waals surface area contributed by atoms with E-state index in [1.807, 2.05) is 22.6 Å². The van der Waals surface area contributed by atoms with Crippen molar-refractivity contribution in [2.75, 3.05) is 5.73 Å². The minimum Gasteiger partial charge on any atom is -0.477 e. The molecule has 60 valence electrons. The average molecular weight is 267 g/mol. The number of nitrogens with zero attached hydrogens (tertiary/aromatic N) is 2. The molecule has 1 aromatic rings. The van der Waals surface area contributed by atoms with Gasteiger partial charge < -0.3 is 10.8 Å². The molecule has 1 heterocycles. The van der Waals surface area contributed by atoms with Crippen molar-refractivity contribution in [3.63, 3.8) is 0 Å². The third-order valence-electron chi connectivity index (χ3n) is 1.26. The van der Waals surface area contributed by atoms with Crippen molar-refractivity contribution in [1.82, 2.24) is 9.78 Å². The molecule has 0 amide bonds. The van der Waals surface area contributed by atoms with Crippen LogP contribution in [0.2, 0.25) is 0 Å². The lowest BCUT2D eigenvalue weighted by Gasteiger charge is -1.92. The molecule has 0 aliphatic heterocycles. The number of nitrogen functional groups attached to an aromatic ring is 1. The van der Waals surface area contributed by atoms with E-state index in [-0.39, 0.29) is 11.4 Å². The lowest BCUT2D eigenvalue weighted by molar-refractivity contribution is 0.0697. The second-order valence-electron chi connectivity index (χ2n) is 1.98. The van der Waals surface area contributed by atoms with Gasteiger partial charge in [-0.15, -0.1) is 0 Å². The predicted molar refractivity (Wildman–Crippen MR) is 47.3 cm³/mol. The third kappa shape index (κ3) is 1.30. The minimum atomic E-state index is -1.04. The molecule has 0 bridgehead atoms. The van der Waals surface area contributed by atoms with Gasteiger partial charge in [-0.3, -0.25) is 4.68 Å². The first-order valence-electron chi connectivity index (χ1n) is 2.75. The zero-order chi connectivity index (χ0) is 8.59. The molecule has 0 radical (unpaired) electrons. The largest absolute Gasteiger partial charge is 0.477 e. The molecule has 0 atom stereocenters. The molecule has 1 rings (SSSR count). The first-order valence-corrected chi connectivity index (χ1v) is 3.83. The monoisotopic (exact) mass is 267 g/mol. The highest BCUT2D eigenvalue weighted by atomic mass is 127. The Kier molecular flexibility index (Phi) is 2.03. The van der Waals surface area contributed by atoms with Crippen LogP contribution in [-0.2, 0) is 7.05 Å². The maximum atomic E-state index is 10.5. The number of halogens is 1. The molecule has 0 fully saturated rings. The maximum Gasteiger partial charge on any atom is 0.342 e. The lowest BCUT2D eigenvalue weighted by atomic mass is 10.3. The van der Waals surface area contributed by atoms with E-state index in [0.29, 0.717) is 3.70 Å². The summed E-state index contributed by atoms with van der Waals surface area (Å²) >= 11 is 1.83. The van der Waals surface area contributed by atoms with Gasteiger partial charge in [-0.05, 0) is 22.6 Å². The molecule has 0 aromatic carbocycles. The molecule has 5 nitrogen and oxygen atoms in total. The molecule has 0 aliphatic rings. The van der Waals surface area contributed by atoms with Gasteiger partial charge in [0, 0.05) is 7.05 Å². The van der Waals surface area contributed by atoms with Crippen LogP contribution in [0, 0.1) is 3.70 Å². The highest BCUT2D eigenvalue weighted by Crippen LogP contribution is 2.16. The standard InChI is InChI=1S/C5H6IN3O2/c1-9-4(7)2(5(10)11)3(6)8-9/h7H2,1H3,(H,10,11). The number of rotatable bonds is 1. The second kappa shape index (κ2) is 2.68. The zero-order valence-corrected chi connectivity index (χ0v) is 7.86. The van der Waals surface area contributed by atoms with E-state index < -0.39 is 5.97 Å². The van der Waals surface area contributed by atoms with Crippen molar-refractivity contribution < 1.29 is 9.90 Å². The number of anilines is 1. The fraction of sp³-hybridized carbons (Fsp3) is 0.200. The van der Waals surface area contributed by atoms with Crippen molar-refractivity contribution >= 4 is 34.4 Å². The van der Waals surface area contributed by atoms with Gasteiger partial charge >= 0.3 is 5.97 Å². The quantitative estimate of drug-likeness (QED) is 0.717. The first kappa shape index (κ1) is 8.31. The van der Waals surface area contributed by atoms with Crippen molar-refractivity contribution in [2.24, 2.45) is 7.05 Å². The van der Waals surface area contributed by atoms with E-state index in [9.17, 15) is 4.79 Å². The molecule has 6 heteroatoms. The number of carboxylic acid groups (broad SMARTS) is 1. The highest BCUT2D eigenvalue weighted by molar-refractivity contribution is 14.1. The number of aryl methyl sites for hydroxylation is 1. The minimum absolute atomic E-state index is 0.0769. The van der Waals surface area contributed by atoms with Crippen LogP contribution in [0.4, 0.5) is 5.82 Å². The Morgan fingerprint density at radius 3 is 2.55 bits per heavy atom. The molecular weight excluding hydrogens is 261 g/mol. The molecule has 1 aromatic heterocycles. The summed E-state index contributed by atoms with van der Waals surface area (Å²) in [6.45, 7) is 0. The number of aromatic nitrogens is 2. The Balaban J connectivity index is 3.34. The van der Waals surface area contributed by atoms with Crippen LogP contribution in [-0.4, -0.2) is 20.9 Å². The number of aromatic carboxylic acids is 1. The summed E-state index contributed by atoms with van der Waals surface area (Å²) in [5, 5.41) is 12.5. The predicted octanol–water partition coefficient (Wildman–Crippen LogP) is 0.305. The summed E-state index contributed by atoms with van der Waals surface area (Å²) in [7, 11) is 1.60. The topological polar surface area (TPSA) is 81.1 Å². The third-order valence-corrected chi connectivity index (χ3v) is 2.02. The molecule has 0 aliphatic carbocycles. The van der Waals surface area contributed by atoms with Crippen LogP contribution in [0.25, 0.3) is 0 Å². The normalized spacial score (nSPS) is 10.0. The summed E-state index contributed by atoms with van der Waals surface area (Å²) in [5.74, 6) is -0.859. The molecule has 0 spiro atoms. The maximum absolute atomic E-state index is 10.5. The Hall–Kier alpha value is -0.790. The van der Waals surface area contributed by atoms with Crippen LogP contribution in [0.3, 0.4) is 0 Å². The fourth-order valence-electron chi connectivity index (χ4n) is 0.701. The van der Waals surface area contributed by atoms with Gasteiger partial charge in [0.15, 0.2) is 0 Å². The SMILES string of the molecule is Cn1nc(I)c(C(=O)O)c1N. The molecule has 0 saturated heterocycles. The Morgan fingerprint density at radius 1 is 1.82 bits per heavy atom. The Morgan fingerprint density at radius 2 is 2.36 bits per heavy atom. The van der Waals surface area contributed by atoms with E-state index in [2.05, 4.69) is 5.10 Å². The van der Waals surface area contributed by atoms with Gasteiger partial charge in [0.2, 0.25) is 0 Å². The van der Waals surface area contributed by atoms with Gasteiger partial charge in [0.25, 0.3) is 0 Å². The van der Waals surface area contributed by atoms with E-state index in [1.165, 1.54) is 4.68 Å². The number of hydrogen-bond acceptors (Lipinski definition) is 3. The Bertz CT molecular complexity index is 307. The van der Waals surface area contributed by atoms with Gasteiger partial charge in [0.1, 0.15) is 15.1 Å². The van der Waals surface area contributed by atoms with Crippen molar-refractivity contribution in [3.05, 3.63) is 9.26 Å². The van der Waals surface area contributed by atoms with E-state index in [0.717, 1.165) is 0 Å². The van der Waals surface area contributed by atoms with E-state index in [4.69, 9.17) is 10.8 Å². The summed E-state index contributed by atoms with van der Waals surface area (Å²) < 4.78 is 1.75. The van der Waals surface area contributed by atoms with Gasteiger partial charge in [-0.1, -0.05) is 0 Å². The van der Waals surface area contributed by atoms with Crippen molar-refractivity contribution in [2.45, 2.75) is 0 Å². The number of carboxylic acids is 1. The van der Waals surface area contributed by atoms with Crippen LogP contribution < -0.4 is 5.73 Å². The van der Waals surface area contributed by atoms with Crippen LogP contribution in [0.15, 0.2) is 0 Å². The molecule has 3 N–H and O–H groups in total. The van der Waals surface area contributed by atoms with Gasteiger partial charge in [-0.25, -0.2) is 4.79 Å². The summed E-state index contributed by atoms with van der Waals surface area (Å²) in [4.78, 5) is 10.5. The number of hydrogen-bond donors (Lipinski definition) is 2. The summed E-state index contributed by atoms with van der Waals surface area (Å²) in [6, 6.07) is 0. The zero-order valence-electron chi connectivity index (χ0n) is 5.71. The average Bonchev–Trinajstić information content (AvgIpc) is 2.07. The van der Waals surface area contributed by atoms with Crippen LogP contribution in [0.1, 0.15) is 10.4 Å². The Labute approximate surface area is 76.3 Å². The second-order valence-corrected chi connectivity index (χ2v) is 3.00. The van der Waals surface area contributed by atoms with E-state index >= 15 is 0 Å². The van der Waals surface area contributed by atoms with Crippen LogP contribution in [0.5, 0.6) is 0 Å². The molecule has 0 unspecified atom stereocenters. The summed E-state index contributed by atoms with van der Waals surface area (Å²) in [5.41, 5.74) is 5.50. The molecule has 11 heavy (non-hydrogen) atoms. The number of nitrogens with two attached hydrogens (primary N) is 1. The highest BCUT2D eigenvalue weighted by Gasteiger charge is 2.17. The molecular formula is C5H6IN3O2. The fourth-order valence-corrected chi connectivity index (χ4v) is 1.53. The summed E-state index contributed by atoms with van der Waals surface area (Å²) in [6.07, 6.45) is 0. The smallest absolute Gasteiger partial charge is 0.342 e.